The van der Waals surface area contributed by atoms with E-state index >= 15 is 0 Å². The minimum atomic E-state index is -1.20. The molecule has 1 aliphatic heterocycles. The van der Waals surface area contributed by atoms with Crippen LogP contribution in [-0.4, -0.2) is 17.8 Å². The zero-order valence-electron chi connectivity index (χ0n) is 11.6. The molecule has 1 fully saturated rings. The molecule has 4 amide bonds. The summed E-state index contributed by atoms with van der Waals surface area (Å²) in [6, 6.07) is 4.15. The summed E-state index contributed by atoms with van der Waals surface area (Å²) in [7, 11) is 0. The average molecular weight is 421 g/mol. The smallest absolute Gasteiger partial charge is 0.276 e. The lowest BCUT2D eigenvalue weighted by molar-refractivity contribution is -0.143. The zero-order chi connectivity index (χ0) is 15.8. The van der Waals surface area contributed by atoms with Gasteiger partial charge in [-0.25, -0.2) is 9.69 Å². The number of nitrogens with one attached hydrogen (secondary N) is 1. The van der Waals surface area contributed by atoms with Gasteiger partial charge in [0.25, 0.3) is 5.91 Å². The minimum absolute atomic E-state index is 0.335. The van der Waals surface area contributed by atoms with E-state index in [0.29, 0.717) is 27.1 Å². The van der Waals surface area contributed by atoms with Crippen molar-refractivity contribution in [2.75, 3.05) is 4.90 Å². The van der Waals surface area contributed by atoms with Gasteiger partial charge < -0.3 is 0 Å². The fraction of sp³-hybridized carbons (Fsp3) is 0.357. The Hall–Kier alpha value is -1.15. The van der Waals surface area contributed by atoms with Gasteiger partial charge >= 0.3 is 6.03 Å². The first-order chi connectivity index (χ1) is 9.87. The Morgan fingerprint density at radius 2 is 1.86 bits per heavy atom. The third-order valence-electron chi connectivity index (χ3n) is 3.83. The molecule has 0 aromatic heterocycles. The van der Waals surface area contributed by atoms with Gasteiger partial charge in [-0.05, 0) is 53.6 Å². The Morgan fingerprint density at radius 3 is 2.38 bits per heavy atom. The lowest BCUT2D eigenvalue weighted by Gasteiger charge is -2.38. The minimum Gasteiger partial charge on any atom is -0.276 e. The second kappa shape index (κ2) is 5.92. The van der Waals surface area contributed by atoms with Gasteiger partial charge in [-0.1, -0.05) is 25.4 Å². The van der Waals surface area contributed by atoms with Crippen molar-refractivity contribution in [3.8, 4) is 0 Å². The molecule has 7 heteroatoms. The molecular formula is C14H14ClIN2O3. The Kier molecular flexibility index (Phi) is 4.57. The number of halogens is 2. The zero-order valence-corrected chi connectivity index (χ0v) is 14.5. The van der Waals surface area contributed by atoms with Crippen molar-refractivity contribution in [3.05, 3.63) is 26.8 Å². The third kappa shape index (κ3) is 2.55. The second-order valence-corrected chi connectivity index (χ2v) is 6.38. The molecule has 0 saturated carbocycles. The first-order valence-corrected chi connectivity index (χ1v) is 7.98. The van der Waals surface area contributed by atoms with Crippen molar-refractivity contribution in [3.63, 3.8) is 0 Å². The molecular weight excluding hydrogens is 407 g/mol. The predicted molar refractivity (Wildman–Crippen MR) is 88.2 cm³/mol. The number of benzene rings is 1. The molecule has 1 aromatic carbocycles. The summed E-state index contributed by atoms with van der Waals surface area (Å²) < 4.78 is 0.666. The maximum absolute atomic E-state index is 12.8. The lowest BCUT2D eigenvalue weighted by Crippen LogP contribution is -2.64. The van der Waals surface area contributed by atoms with Gasteiger partial charge in [-0.15, -0.1) is 0 Å². The van der Waals surface area contributed by atoms with Gasteiger partial charge in [0.2, 0.25) is 5.91 Å². The maximum atomic E-state index is 12.8. The van der Waals surface area contributed by atoms with E-state index in [0.717, 1.165) is 4.90 Å². The van der Waals surface area contributed by atoms with Gasteiger partial charge in [0.1, 0.15) is 5.41 Å². The van der Waals surface area contributed by atoms with Crippen LogP contribution < -0.4 is 10.2 Å². The molecule has 0 spiro atoms. The van der Waals surface area contributed by atoms with Crippen molar-refractivity contribution in [2.24, 2.45) is 5.41 Å². The molecule has 1 aliphatic rings. The van der Waals surface area contributed by atoms with Crippen LogP contribution in [0.15, 0.2) is 18.2 Å². The fourth-order valence-corrected chi connectivity index (χ4v) is 3.54. The van der Waals surface area contributed by atoms with E-state index < -0.39 is 23.3 Å². The van der Waals surface area contributed by atoms with Gasteiger partial charge in [-0.3, -0.25) is 14.9 Å². The van der Waals surface area contributed by atoms with Crippen LogP contribution in [0.1, 0.15) is 26.7 Å². The summed E-state index contributed by atoms with van der Waals surface area (Å²) in [6.45, 7) is 3.53. The van der Waals surface area contributed by atoms with Crippen LogP contribution in [0, 0.1) is 8.99 Å². The summed E-state index contributed by atoms with van der Waals surface area (Å²) >= 11 is 7.91. The van der Waals surface area contributed by atoms with E-state index in [1.807, 2.05) is 22.6 Å². The van der Waals surface area contributed by atoms with Gasteiger partial charge in [-0.2, -0.15) is 0 Å². The van der Waals surface area contributed by atoms with E-state index in [-0.39, 0.29) is 0 Å². The number of anilines is 1. The Morgan fingerprint density at radius 1 is 1.24 bits per heavy atom. The third-order valence-corrected chi connectivity index (χ3v) is 4.93. The number of nitrogens with zero attached hydrogens (tertiary/aromatic N) is 1. The van der Waals surface area contributed by atoms with Crippen molar-refractivity contribution < 1.29 is 14.4 Å². The molecule has 1 heterocycles. The van der Waals surface area contributed by atoms with Crippen LogP contribution in [-0.2, 0) is 9.59 Å². The van der Waals surface area contributed by atoms with Crippen molar-refractivity contribution in [1.82, 2.24) is 5.32 Å². The first kappa shape index (κ1) is 16.2. The topological polar surface area (TPSA) is 66.5 Å². The summed E-state index contributed by atoms with van der Waals surface area (Å²) in [6.07, 6.45) is 0.671. The highest BCUT2D eigenvalue weighted by molar-refractivity contribution is 14.1. The van der Waals surface area contributed by atoms with Gasteiger partial charge in [0.15, 0.2) is 0 Å². The molecule has 1 aromatic rings. The summed E-state index contributed by atoms with van der Waals surface area (Å²) in [5.74, 6) is -1.01. The molecule has 0 radical (unpaired) electrons. The van der Waals surface area contributed by atoms with Crippen LogP contribution in [0.3, 0.4) is 0 Å². The highest BCUT2D eigenvalue weighted by Gasteiger charge is 2.52. The largest absolute Gasteiger partial charge is 0.335 e. The maximum Gasteiger partial charge on any atom is 0.335 e. The van der Waals surface area contributed by atoms with Crippen molar-refractivity contribution in [2.45, 2.75) is 26.7 Å². The number of amides is 4. The van der Waals surface area contributed by atoms with E-state index in [1.54, 1.807) is 32.0 Å². The first-order valence-electron chi connectivity index (χ1n) is 6.52. The van der Waals surface area contributed by atoms with Crippen LogP contribution in [0.4, 0.5) is 10.5 Å². The molecule has 1 N–H and O–H groups in total. The molecule has 0 bridgehead atoms. The van der Waals surface area contributed by atoms with Gasteiger partial charge in [0, 0.05) is 8.59 Å². The van der Waals surface area contributed by atoms with Crippen LogP contribution in [0.25, 0.3) is 0 Å². The van der Waals surface area contributed by atoms with E-state index in [2.05, 4.69) is 5.32 Å². The molecule has 5 nitrogen and oxygen atoms in total. The number of imide groups is 2. The number of carbonyl (C=O) groups excluding carboxylic acids is 3. The van der Waals surface area contributed by atoms with Crippen molar-refractivity contribution >= 4 is 57.7 Å². The molecule has 0 unspecified atom stereocenters. The Bertz CT molecular complexity index is 629. The average Bonchev–Trinajstić information content (AvgIpc) is 2.42. The molecule has 112 valence electrons. The number of hydrogen-bond acceptors (Lipinski definition) is 3. The number of rotatable bonds is 3. The van der Waals surface area contributed by atoms with Crippen molar-refractivity contribution in [1.29, 1.82) is 0 Å². The van der Waals surface area contributed by atoms with Crippen LogP contribution >= 0.6 is 34.2 Å². The molecule has 0 aliphatic carbocycles. The summed E-state index contributed by atoms with van der Waals surface area (Å²) in [5.41, 5.74) is -0.766. The van der Waals surface area contributed by atoms with E-state index in [9.17, 15) is 14.4 Å². The van der Waals surface area contributed by atoms with Crippen LogP contribution in [0.2, 0.25) is 5.02 Å². The Labute approximate surface area is 141 Å². The highest BCUT2D eigenvalue weighted by Crippen LogP contribution is 2.36. The summed E-state index contributed by atoms with van der Waals surface area (Å²) in [5, 5.41) is 2.80. The SMILES string of the molecule is CCC1(CC)C(=O)NC(=O)N(c2ccc(Cl)cc2I)C1=O. The summed E-state index contributed by atoms with van der Waals surface area (Å²) in [4.78, 5) is 38.0. The fourth-order valence-electron chi connectivity index (χ4n) is 2.43. The monoisotopic (exact) mass is 420 g/mol. The van der Waals surface area contributed by atoms with Crippen LogP contribution in [0.5, 0.6) is 0 Å². The Balaban J connectivity index is 2.54. The standard InChI is InChI=1S/C14H14ClIN2O3/c1-3-14(4-2)11(19)17-13(21)18(12(14)20)10-6-5-8(15)7-9(10)16/h5-7H,3-4H2,1-2H3,(H,17,19,21). The molecule has 21 heavy (non-hydrogen) atoms. The highest BCUT2D eigenvalue weighted by atomic mass is 127. The quantitative estimate of drug-likeness (QED) is 0.602. The van der Waals surface area contributed by atoms with E-state index in [4.69, 9.17) is 11.6 Å². The molecule has 1 saturated heterocycles. The van der Waals surface area contributed by atoms with E-state index in [1.165, 1.54) is 0 Å². The normalized spacial score (nSPS) is 17.9. The number of hydrogen-bond donors (Lipinski definition) is 1. The molecule has 0 atom stereocenters. The lowest BCUT2D eigenvalue weighted by atomic mass is 9.78. The number of barbiturate groups is 1. The number of urea groups is 1. The molecule has 2 rings (SSSR count). The van der Waals surface area contributed by atoms with Gasteiger partial charge in [0.05, 0.1) is 5.69 Å². The predicted octanol–water partition coefficient (Wildman–Crippen LogP) is 3.33. The second-order valence-electron chi connectivity index (χ2n) is 4.78. The number of carbonyl (C=O) groups is 3.